The summed E-state index contributed by atoms with van der Waals surface area (Å²) in [5.41, 5.74) is 9.10. The quantitative estimate of drug-likeness (QED) is 0.367. The minimum Gasteiger partial charge on any atom is -0.364 e. The van der Waals surface area contributed by atoms with Crippen LogP contribution in [0.3, 0.4) is 0 Å². The van der Waals surface area contributed by atoms with Gasteiger partial charge in [-0.15, -0.1) is 0 Å². The van der Waals surface area contributed by atoms with E-state index in [0.29, 0.717) is 21.6 Å². The van der Waals surface area contributed by atoms with E-state index in [2.05, 4.69) is 50.7 Å². The van der Waals surface area contributed by atoms with Crippen LogP contribution in [0.4, 0.5) is 0 Å². The monoisotopic (exact) mass is 350 g/mol. The van der Waals surface area contributed by atoms with Gasteiger partial charge in [-0.1, -0.05) is 31.2 Å². The van der Waals surface area contributed by atoms with Crippen molar-refractivity contribution in [3.05, 3.63) is 35.4 Å². The maximum Gasteiger partial charge on any atom is 0.186 e. The molecule has 8 heteroatoms. The fourth-order valence-corrected chi connectivity index (χ4v) is 1.75. The molecule has 0 atom stereocenters. The second-order valence-corrected chi connectivity index (χ2v) is 5.41. The fourth-order valence-electron chi connectivity index (χ4n) is 1.66. The zero-order valence-corrected chi connectivity index (χ0v) is 15.4. The molecule has 124 valence electrons. The average Bonchev–Trinajstić information content (AvgIpc) is 2.59. The molecule has 0 spiro atoms. The second kappa shape index (κ2) is 9.86. The molecule has 23 heavy (non-hydrogen) atoms. The van der Waals surface area contributed by atoms with E-state index < -0.39 is 0 Å². The van der Waals surface area contributed by atoms with Gasteiger partial charge in [-0.2, -0.15) is 10.2 Å². The van der Waals surface area contributed by atoms with Crippen molar-refractivity contribution in [3.63, 3.8) is 0 Å². The van der Waals surface area contributed by atoms with Crippen LogP contribution >= 0.6 is 24.4 Å². The van der Waals surface area contributed by atoms with Gasteiger partial charge < -0.3 is 10.6 Å². The van der Waals surface area contributed by atoms with Crippen molar-refractivity contribution in [2.75, 3.05) is 14.1 Å². The first-order valence-electron chi connectivity index (χ1n) is 7.18. The number of hydrogen-bond donors (Lipinski definition) is 4. The lowest BCUT2D eigenvalue weighted by Crippen LogP contribution is -2.32. The third kappa shape index (κ3) is 6.29. The van der Waals surface area contributed by atoms with Gasteiger partial charge in [0.1, 0.15) is 5.71 Å². The molecule has 1 rings (SSSR count). The Morgan fingerprint density at radius 3 is 1.96 bits per heavy atom. The Kier molecular flexibility index (Phi) is 8.14. The third-order valence-electron chi connectivity index (χ3n) is 3.03. The van der Waals surface area contributed by atoms with Crippen molar-refractivity contribution in [1.29, 1.82) is 0 Å². The fraction of sp³-hybridized carbons (Fsp3) is 0.333. The van der Waals surface area contributed by atoms with Gasteiger partial charge in [0.2, 0.25) is 0 Å². The van der Waals surface area contributed by atoms with Crippen molar-refractivity contribution in [1.82, 2.24) is 21.5 Å². The van der Waals surface area contributed by atoms with Gasteiger partial charge in [0.15, 0.2) is 10.2 Å². The number of hydrogen-bond acceptors (Lipinski definition) is 4. The normalized spacial score (nSPS) is 11.7. The Balaban J connectivity index is 3.09. The Labute approximate surface area is 147 Å². The maximum atomic E-state index is 5.06. The lowest BCUT2D eigenvalue weighted by molar-refractivity contribution is 0.966. The minimum atomic E-state index is 0.430. The molecule has 4 N–H and O–H groups in total. The number of benzene rings is 1. The van der Waals surface area contributed by atoms with Crippen molar-refractivity contribution in [2.24, 2.45) is 10.2 Å². The number of aryl methyl sites for hydroxylation is 1. The van der Waals surface area contributed by atoms with Crippen molar-refractivity contribution < 1.29 is 0 Å². The van der Waals surface area contributed by atoms with Crippen molar-refractivity contribution in [3.8, 4) is 0 Å². The summed E-state index contributed by atoms with van der Waals surface area (Å²) < 4.78 is 0. The van der Waals surface area contributed by atoms with E-state index >= 15 is 0 Å². The smallest absolute Gasteiger partial charge is 0.186 e. The van der Waals surface area contributed by atoms with E-state index in [9.17, 15) is 0 Å². The van der Waals surface area contributed by atoms with Gasteiger partial charge >= 0.3 is 0 Å². The highest BCUT2D eigenvalue weighted by Crippen LogP contribution is 2.07. The summed E-state index contributed by atoms with van der Waals surface area (Å²) in [7, 11) is 3.46. The molecule has 0 amide bonds. The van der Waals surface area contributed by atoms with Crippen LogP contribution in [0, 0.1) is 0 Å². The molecule has 0 heterocycles. The van der Waals surface area contributed by atoms with Crippen LogP contribution in [-0.4, -0.2) is 35.7 Å². The van der Waals surface area contributed by atoms with Crippen LogP contribution < -0.4 is 21.5 Å². The molecule has 1 aromatic carbocycles. The number of thiocarbonyl (C=S) groups is 2. The number of rotatable bonds is 5. The highest BCUT2D eigenvalue weighted by Gasteiger charge is 2.09. The maximum absolute atomic E-state index is 5.06. The second-order valence-electron chi connectivity index (χ2n) is 4.59. The van der Waals surface area contributed by atoms with Gasteiger partial charge in [-0.3, -0.25) is 10.9 Å². The van der Waals surface area contributed by atoms with Crippen LogP contribution in [-0.2, 0) is 6.42 Å². The summed E-state index contributed by atoms with van der Waals surface area (Å²) in [5, 5.41) is 15.1. The predicted octanol–water partition coefficient (Wildman–Crippen LogP) is 1.52. The topological polar surface area (TPSA) is 72.8 Å². The van der Waals surface area contributed by atoms with Crippen molar-refractivity contribution in [2.45, 2.75) is 20.3 Å². The highest BCUT2D eigenvalue weighted by atomic mass is 32.1. The molecule has 0 saturated heterocycles. The lowest BCUT2D eigenvalue weighted by Gasteiger charge is -2.10. The van der Waals surface area contributed by atoms with Crippen LogP contribution in [0.1, 0.15) is 25.0 Å². The standard InChI is InChI=1S/C15H22N6S2/c1-5-11-6-8-12(9-7-11)13(19-21-15(23)17-4)10(2)18-20-14(22)16-3/h6-9H,5H2,1-4H3,(H2,16,20,22)(H2,17,21,23). The summed E-state index contributed by atoms with van der Waals surface area (Å²) in [6.07, 6.45) is 0.986. The molecular weight excluding hydrogens is 328 g/mol. The minimum absolute atomic E-state index is 0.430. The SMILES string of the molecule is CCc1ccc(C(=NNC(=S)NC)C(C)=NNC(=S)NC)cc1. The Hall–Kier alpha value is -2.06. The van der Waals surface area contributed by atoms with E-state index in [-0.39, 0.29) is 0 Å². The first kappa shape index (κ1) is 19.0. The zero-order chi connectivity index (χ0) is 17.2. The Bertz CT molecular complexity index is 607. The van der Waals surface area contributed by atoms with Crippen molar-refractivity contribution >= 4 is 46.1 Å². The molecular formula is C15H22N6S2. The number of nitrogens with one attached hydrogen (secondary N) is 4. The molecule has 0 saturated carbocycles. The number of hydrazone groups is 2. The molecule has 0 aromatic heterocycles. The van der Waals surface area contributed by atoms with Gasteiger partial charge in [0, 0.05) is 19.7 Å². The van der Waals surface area contributed by atoms with Crippen LogP contribution in [0.15, 0.2) is 34.5 Å². The molecule has 0 unspecified atom stereocenters. The highest BCUT2D eigenvalue weighted by molar-refractivity contribution is 7.80. The van der Waals surface area contributed by atoms with E-state index in [0.717, 1.165) is 12.0 Å². The third-order valence-corrected chi connectivity index (χ3v) is 3.62. The van der Waals surface area contributed by atoms with Crippen LogP contribution in [0.2, 0.25) is 0 Å². The van der Waals surface area contributed by atoms with E-state index in [1.165, 1.54) is 5.56 Å². The first-order chi connectivity index (χ1) is 11.0. The average molecular weight is 351 g/mol. The van der Waals surface area contributed by atoms with E-state index in [4.69, 9.17) is 24.4 Å². The molecule has 6 nitrogen and oxygen atoms in total. The van der Waals surface area contributed by atoms with Gasteiger partial charge in [0.25, 0.3) is 0 Å². The molecule has 0 aliphatic carbocycles. The van der Waals surface area contributed by atoms with Gasteiger partial charge in [0.05, 0.1) is 5.71 Å². The molecule has 0 aliphatic rings. The largest absolute Gasteiger partial charge is 0.364 e. The molecule has 0 radical (unpaired) electrons. The van der Waals surface area contributed by atoms with E-state index in [1.54, 1.807) is 14.1 Å². The zero-order valence-electron chi connectivity index (χ0n) is 13.7. The number of nitrogens with zero attached hydrogens (tertiary/aromatic N) is 2. The van der Waals surface area contributed by atoms with Crippen LogP contribution in [0.25, 0.3) is 0 Å². The molecule has 0 bridgehead atoms. The lowest BCUT2D eigenvalue weighted by atomic mass is 10.0. The molecule has 1 aromatic rings. The predicted molar refractivity (Wildman–Crippen MR) is 105 cm³/mol. The summed E-state index contributed by atoms with van der Waals surface area (Å²) in [5.74, 6) is 0. The Morgan fingerprint density at radius 1 is 0.957 bits per heavy atom. The van der Waals surface area contributed by atoms with Gasteiger partial charge in [-0.05, 0) is 43.3 Å². The van der Waals surface area contributed by atoms with E-state index in [1.807, 2.05) is 19.1 Å². The first-order valence-corrected chi connectivity index (χ1v) is 8.00. The summed E-state index contributed by atoms with van der Waals surface area (Å²) >= 11 is 10.1. The Morgan fingerprint density at radius 2 is 1.48 bits per heavy atom. The summed E-state index contributed by atoms with van der Waals surface area (Å²) in [6.45, 7) is 3.97. The summed E-state index contributed by atoms with van der Waals surface area (Å²) in [6, 6.07) is 8.16. The van der Waals surface area contributed by atoms with Gasteiger partial charge in [-0.25, -0.2) is 0 Å². The summed E-state index contributed by atoms with van der Waals surface area (Å²) in [4.78, 5) is 0. The molecule has 0 fully saturated rings. The molecule has 0 aliphatic heterocycles. The van der Waals surface area contributed by atoms with Crippen LogP contribution in [0.5, 0.6) is 0 Å².